The molecular formula is C22H36O6. The summed E-state index contributed by atoms with van der Waals surface area (Å²) in [7, 11) is 1.63. The van der Waals surface area contributed by atoms with Crippen molar-refractivity contribution in [3.63, 3.8) is 0 Å². The van der Waals surface area contributed by atoms with Gasteiger partial charge in [0.05, 0.1) is 24.4 Å². The van der Waals surface area contributed by atoms with Crippen LogP contribution in [0.2, 0.25) is 0 Å². The Balaban J connectivity index is 1.92. The number of allylic oxidation sites excluding steroid dienone is 2. The zero-order valence-corrected chi connectivity index (χ0v) is 18.0. The standard InChI is InChI=1S/C22H36O6/c1-17(10-8-6-7-9-13-23)11-12-20-22(4,26-16-24-5)14-18(27-20)19-15-25-21(2,3)28-19/h10,18-20,23H,6,8,11-16H2,1-5H3/b17-10+/t18-,19+,20-,22+/m0/s1. The maximum atomic E-state index is 8.68. The molecule has 160 valence electrons. The van der Waals surface area contributed by atoms with Gasteiger partial charge < -0.3 is 28.8 Å². The lowest BCUT2D eigenvalue weighted by Crippen LogP contribution is -2.38. The van der Waals surface area contributed by atoms with Crippen LogP contribution in [0.5, 0.6) is 0 Å². The monoisotopic (exact) mass is 396 g/mol. The predicted molar refractivity (Wildman–Crippen MR) is 107 cm³/mol. The number of rotatable bonds is 9. The molecule has 2 aliphatic rings. The molecule has 0 spiro atoms. The van der Waals surface area contributed by atoms with Crippen molar-refractivity contribution in [2.75, 3.05) is 27.1 Å². The summed E-state index contributed by atoms with van der Waals surface area (Å²) in [5.41, 5.74) is 0.900. The number of ether oxygens (including phenoxy) is 5. The van der Waals surface area contributed by atoms with E-state index in [0.29, 0.717) is 6.61 Å². The quantitative estimate of drug-likeness (QED) is 0.279. The van der Waals surface area contributed by atoms with Crippen LogP contribution in [0.25, 0.3) is 0 Å². The summed E-state index contributed by atoms with van der Waals surface area (Å²) in [4.78, 5) is 0. The highest BCUT2D eigenvalue weighted by Crippen LogP contribution is 2.40. The molecule has 2 rings (SSSR count). The van der Waals surface area contributed by atoms with Crippen molar-refractivity contribution >= 4 is 0 Å². The number of hydrogen-bond acceptors (Lipinski definition) is 6. The van der Waals surface area contributed by atoms with Crippen LogP contribution in [-0.4, -0.2) is 61.9 Å². The zero-order chi connectivity index (χ0) is 20.6. The molecule has 2 heterocycles. The van der Waals surface area contributed by atoms with Crippen molar-refractivity contribution in [2.24, 2.45) is 0 Å². The number of unbranched alkanes of at least 4 members (excludes halogenated alkanes) is 1. The van der Waals surface area contributed by atoms with E-state index in [0.717, 1.165) is 32.1 Å². The molecule has 2 aliphatic heterocycles. The second kappa shape index (κ2) is 10.7. The van der Waals surface area contributed by atoms with E-state index in [2.05, 4.69) is 31.8 Å². The van der Waals surface area contributed by atoms with Crippen LogP contribution in [0.15, 0.2) is 11.6 Å². The molecule has 0 saturated carbocycles. The van der Waals surface area contributed by atoms with Crippen molar-refractivity contribution in [3.05, 3.63) is 11.6 Å². The van der Waals surface area contributed by atoms with E-state index < -0.39 is 11.4 Å². The fourth-order valence-corrected chi connectivity index (χ4v) is 3.77. The van der Waals surface area contributed by atoms with E-state index in [9.17, 15) is 0 Å². The van der Waals surface area contributed by atoms with E-state index in [1.807, 2.05) is 13.8 Å². The molecule has 2 saturated heterocycles. The van der Waals surface area contributed by atoms with E-state index in [-0.39, 0.29) is 31.7 Å². The van der Waals surface area contributed by atoms with Gasteiger partial charge in [0.15, 0.2) is 5.79 Å². The van der Waals surface area contributed by atoms with E-state index in [1.54, 1.807) is 7.11 Å². The summed E-state index contributed by atoms with van der Waals surface area (Å²) < 4.78 is 29.3. The van der Waals surface area contributed by atoms with Gasteiger partial charge in [-0.05, 0) is 47.0 Å². The third-order valence-corrected chi connectivity index (χ3v) is 5.35. The van der Waals surface area contributed by atoms with Crippen LogP contribution in [0.3, 0.4) is 0 Å². The topological polar surface area (TPSA) is 66.4 Å². The molecule has 0 aromatic carbocycles. The number of methoxy groups -OCH3 is 1. The average molecular weight is 397 g/mol. The van der Waals surface area contributed by atoms with Crippen LogP contribution >= 0.6 is 0 Å². The van der Waals surface area contributed by atoms with Crippen molar-refractivity contribution in [2.45, 2.75) is 89.5 Å². The molecule has 0 aromatic rings. The summed E-state index contributed by atoms with van der Waals surface area (Å²) in [5, 5.41) is 8.68. The largest absolute Gasteiger partial charge is 0.384 e. The molecule has 2 fully saturated rings. The van der Waals surface area contributed by atoms with Gasteiger partial charge >= 0.3 is 0 Å². The predicted octanol–water partition coefficient (Wildman–Crippen LogP) is 3.18. The normalized spacial score (nSPS) is 32.4. The number of hydrogen-bond donors (Lipinski definition) is 1. The molecule has 4 atom stereocenters. The first-order chi connectivity index (χ1) is 13.3. The first-order valence-electron chi connectivity index (χ1n) is 10.1. The van der Waals surface area contributed by atoms with Crippen LogP contribution in [0.4, 0.5) is 0 Å². The lowest BCUT2D eigenvalue weighted by Gasteiger charge is -2.29. The molecule has 0 bridgehead atoms. The van der Waals surface area contributed by atoms with E-state index >= 15 is 0 Å². The number of aliphatic hydroxyl groups excluding tert-OH is 1. The first-order valence-corrected chi connectivity index (χ1v) is 10.1. The van der Waals surface area contributed by atoms with Crippen LogP contribution in [-0.2, 0) is 23.7 Å². The first kappa shape index (κ1) is 23.3. The smallest absolute Gasteiger partial charge is 0.163 e. The molecule has 28 heavy (non-hydrogen) atoms. The highest BCUT2D eigenvalue weighted by molar-refractivity contribution is 5.05. The minimum absolute atomic E-state index is 0.0301. The van der Waals surface area contributed by atoms with Crippen LogP contribution in [0.1, 0.15) is 59.8 Å². The molecule has 0 unspecified atom stereocenters. The average Bonchev–Trinajstić information content (AvgIpc) is 3.18. The van der Waals surface area contributed by atoms with Gasteiger partial charge in [-0.25, -0.2) is 0 Å². The molecule has 1 N–H and O–H groups in total. The van der Waals surface area contributed by atoms with E-state index in [1.165, 1.54) is 5.57 Å². The molecular weight excluding hydrogens is 360 g/mol. The Morgan fingerprint density at radius 2 is 2.04 bits per heavy atom. The summed E-state index contributed by atoms with van der Waals surface area (Å²) in [6, 6.07) is 0. The molecule has 0 aromatic heterocycles. The van der Waals surface area contributed by atoms with Crippen LogP contribution < -0.4 is 0 Å². The maximum Gasteiger partial charge on any atom is 0.163 e. The van der Waals surface area contributed by atoms with Gasteiger partial charge in [0.2, 0.25) is 0 Å². The third kappa shape index (κ3) is 6.84. The minimum atomic E-state index is -0.561. The summed E-state index contributed by atoms with van der Waals surface area (Å²) in [5.74, 6) is 5.05. The fourth-order valence-electron chi connectivity index (χ4n) is 3.77. The Kier molecular flexibility index (Phi) is 8.94. The highest BCUT2D eigenvalue weighted by atomic mass is 16.8. The second-order valence-electron chi connectivity index (χ2n) is 8.24. The van der Waals surface area contributed by atoms with Crippen molar-refractivity contribution < 1.29 is 28.8 Å². The van der Waals surface area contributed by atoms with Gasteiger partial charge in [0.1, 0.15) is 19.5 Å². The number of aliphatic hydroxyl groups is 1. The zero-order valence-electron chi connectivity index (χ0n) is 18.0. The Morgan fingerprint density at radius 3 is 2.68 bits per heavy atom. The lowest BCUT2D eigenvalue weighted by molar-refractivity contribution is -0.160. The van der Waals surface area contributed by atoms with Crippen molar-refractivity contribution in [1.29, 1.82) is 0 Å². The van der Waals surface area contributed by atoms with Crippen molar-refractivity contribution in [1.82, 2.24) is 0 Å². The summed E-state index contributed by atoms with van der Waals surface area (Å²) in [6.45, 7) is 8.80. The summed E-state index contributed by atoms with van der Waals surface area (Å²) in [6.07, 6.45) is 6.28. The third-order valence-electron chi connectivity index (χ3n) is 5.35. The molecule has 6 nitrogen and oxygen atoms in total. The van der Waals surface area contributed by atoms with Crippen molar-refractivity contribution in [3.8, 4) is 11.8 Å². The van der Waals surface area contributed by atoms with Gasteiger partial charge in [0, 0.05) is 20.0 Å². The van der Waals surface area contributed by atoms with Gasteiger partial charge in [-0.2, -0.15) is 0 Å². The van der Waals surface area contributed by atoms with Gasteiger partial charge in [-0.1, -0.05) is 17.6 Å². The Bertz CT molecular complexity index is 575. The van der Waals surface area contributed by atoms with Gasteiger partial charge in [-0.3, -0.25) is 0 Å². The van der Waals surface area contributed by atoms with Gasteiger partial charge in [0.25, 0.3) is 0 Å². The molecule has 0 aliphatic carbocycles. The van der Waals surface area contributed by atoms with Crippen LogP contribution in [0, 0.1) is 11.8 Å². The lowest BCUT2D eigenvalue weighted by atomic mass is 9.90. The SMILES string of the molecule is COCO[C@]1(C)C[C@@H]([C@H]2COC(C)(C)O2)O[C@H]1CC/C(C)=C/CCC#CCO. The molecule has 0 amide bonds. The Labute approximate surface area is 169 Å². The highest BCUT2D eigenvalue weighted by Gasteiger charge is 2.51. The Hall–Kier alpha value is -0.940. The second-order valence-corrected chi connectivity index (χ2v) is 8.24. The molecule has 6 heteroatoms. The van der Waals surface area contributed by atoms with E-state index in [4.69, 9.17) is 28.8 Å². The maximum absolute atomic E-state index is 8.68. The molecule has 0 radical (unpaired) electrons. The van der Waals surface area contributed by atoms with Gasteiger partial charge in [-0.15, -0.1) is 5.92 Å². The Morgan fingerprint density at radius 1 is 1.25 bits per heavy atom. The minimum Gasteiger partial charge on any atom is -0.384 e. The summed E-state index contributed by atoms with van der Waals surface area (Å²) >= 11 is 0. The fraction of sp³-hybridized carbons (Fsp3) is 0.818.